The van der Waals surface area contributed by atoms with Gasteiger partial charge in [0, 0.05) is 43.0 Å². The van der Waals surface area contributed by atoms with E-state index in [0.29, 0.717) is 25.2 Å². The third-order valence-electron chi connectivity index (χ3n) is 5.15. The van der Waals surface area contributed by atoms with Gasteiger partial charge in [-0.1, -0.05) is 18.2 Å². The number of carbonyl (C=O) groups is 1. The second-order valence-corrected chi connectivity index (χ2v) is 6.97. The summed E-state index contributed by atoms with van der Waals surface area (Å²) in [5.74, 6) is 0.685. The summed E-state index contributed by atoms with van der Waals surface area (Å²) in [5, 5.41) is 5.29. The van der Waals surface area contributed by atoms with E-state index in [-0.39, 0.29) is 5.91 Å². The van der Waals surface area contributed by atoms with Gasteiger partial charge in [-0.3, -0.25) is 9.78 Å². The van der Waals surface area contributed by atoms with Crippen molar-refractivity contribution in [2.24, 2.45) is 0 Å². The van der Waals surface area contributed by atoms with Gasteiger partial charge in [0.15, 0.2) is 0 Å². The number of aryl methyl sites for hydroxylation is 2. The summed E-state index contributed by atoms with van der Waals surface area (Å²) in [6, 6.07) is 9.98. The Bertz CT molecular complexity index is 1160. The molecule has 0 unspecified atom stereocenters. The minimum atomic E-state index is 0.0957. The van der Waals surface area contributed by atoms with Crippen LogP contribution in [0, 0.1) is 13.8 Å². The molecule has 142 valence electrons. The van der Waals surface area contributed by atoms with E-state index in [1.165, 1.54) is 6.33 Å². The Morgan fingerprint density at radius 3 is 2.86 bits per heavy atom. The molecule has 0 saturated carbocycles. The Hall–Kier alpha value is -3.35. The SMILES string of the molecule is Cc1nc2ncnn2c(C)c1CCC(=O)N(C)Cc1cccc2ncccc12. The average molecular weight is 374 g/mol. The van der Waals surface area contributed by atoms with Crippen molar-refractivity contribution in [3.05, 3.63) is 65.4 Å². The highest BCUT2D eigenvalue weighted by Gasteiger charge is 2.15. The number of rotatable bonds is 5. The van der Waals surface area contributed by atoms with Gasteiger partial charge in [-0.15, -0.1) is 0 Å². The Morgan fingerprint density at radius 2 is 2.00 bits per heavy atom. The van der Waals surface area contributed by atoms with E-state index in [9.17, 15) is 4.79 Å². The Morgan fingerprint density at radius 1 is 1.14 bits per heavy atom. The maximum Gasteiger partial charge on any atom is 0.252 e. The molecule has 0 spiro atoms. The van der Waals surface area contributed by atoms with Crippen LogP contribution in [0.1, 0.15) is 28.9 Å². The van der Waals surface area contributed by atoms with Crippen molar-refractivity contribution in [2.45, 2.75) is 33.2 Å². The number of benzene rings is 1. The molecular weight excluding hydrogens is 352 g/mol. The van der Waals surface area contributed by atoms with E-state index in [1.54, 1.807) is 15.6 Å². The fourth-order valence-corrected chi connectivity index (χ4v) is 3.59. The zero-order valence-corrected chi connectivity index (χ0v) is 16.3. The van der Waals surface area contributed by atoms with Gasteiger partial charge >= 0.3 is 0 Å². The van der Waals surface area contributed by atoms with Crippen LogP contribution >= 0.6 is 0 Å². The van der Waals surface area contributed by atoms with Crippen LogP contribution in [0.2, 0.25) is 0 Å². The minimum Gasteiger partial charge on any atom is -0.341 e. The molecule has 0 aliphatic carbocycles. The third kappa shape index (κ3) is 3.31. The molecule has 0 N–H and O–H groups in total. The normalized spacial score (nSPS) is 11.2. The monoisotopic (exact) mass is 374 g/mol. The van der Waals surface area contributed by atoms with Crippen molar-refractivity contribution < 1.29 is 4.79 Å². The van der Waals surface area contributed by atoms with E-state index >= 15 is 0 Å². The Balaban J connectivity index is 1.48. The lowest BCUT2D eigenvalue weighted by Crippen LogP contribution is -2.26. The van der Waals surface area contributed by atoms with Gasteiger partial charge in [0.2, 0.25) is 5.91 Å². The first-order chi connectivity index (χ1) is 13.5. The van der Waals surface area contributed by atoms with E-state index in [0.717, 1.165) is 33.4 Å². The van der Waals surface area contributed by atoms with Crippen LogP contribution in [0.15, 0.2) is 42.9 Å². The maximum absolute atomic E-state index is 12.7. The molecule has 4 aromatic rings. The van der Waals surface area contributed by atoms with Gasteiger partial charge in [0.1, 0.15) is 6.33 Å². The van der Waals surface area contributed by atoms with Crippen molar-refractivity contribution in [3.63, 3.8) is 0 Å². The predicted molar refractivity (Wildman–Crippen MR) is 107 cm³/mol. The zero-order valence-electron chi connectivity index (χ0n) is 16.3. The number of aromatic nitrogens is 5. The first-order valence-corrected chi connectivity index (χ1v) is 9.27. The number of pyridine rings is 1. The summed E-state index contributed by atoms with van der Waals surface area (Å²) in [7, 11) is 1.84. The number of hydrogen-bond donors (Lipinski definition) is 0. The van der Waals surface area contributed by atoms with Crippen LogP contribution in [0.4, 0.5) is 0 Å². The van der Waals surface area contributed by atoms with Crippen molar-refractivity contribution in [3.8, 4) is 0 Å². The molecule has 7 heteroatoms. The molecule has 0 fully saturated rings. The summed E-state index contributed by atoms with van der Waals surface area (Å²) >= 11 is 0. The number of fused-ring (bicyclic) bond motifs is 2. The van der Waals surface area contributed by atoms with E-state index in [2.05, 4.69) is 20.1 Å². The van der Waals surface area contributed by atoms with E-state index in [1.807, 2.05) is 51.2 Å². The van der Waals surface area contributed by atoms with Crippen molar-refractivity contribution in [2.75, 3.05) is 7.05 Å². The minimum absolute atomic E-state index is 0.0957. The lowest BCUT2D eigenvalue weighted by Gasteiger charge is -2.19. The van der Waals surface area contributed by atoms with Gasteiger partial charge in [0.25, 0.3) is 5.78 Å². The smallest absolute Gasteiger partial charge is 0.252 e. The number of carbonyl (C=O) groups excluding carboxylic acids is 1. The van der Waals surface area contributed by atoms with Crippen molar-refractivity contribution in [1.82, 2.24) is 29.5 Å². The highest BCUT2D eigenvalue weighted by Crippen LogP contribution is 2.19. The molecule has 1 amide bonds. The first-order valence-electron chi connectivity index (χ1n) is 9.27. The fourth-order valence-electron chi connectivity index (χ4n) is 3.59. The van der Waals surface area contributed by atoms with Gasteiger partial charge in [-0.2, -0.15) is 10.1 Å². The van der Waals surface area contributed by atoms with E-state index in [4.69, 9.17) is 0 Å². The molecule has 0 aliphatic rings. The Kier molecular flexibility index (Phi) is 4.73. The molecule has 28 heavy (non-hydrogen) atoms. The standard InChI is InChI=1S/C21H22N6O/c1-14-17(15(2)27-21(25-14)23-13-24-27)9-10-20(28)26(3)12-16-6-4-8-19-18(16)7-5-11-22-19/h4-8,11,13H,9-10,12H2,1-3H3. The van der Waals surface area contributed by atoms with Crippen LogP contribution in [-0.2, 0) is 17.8 Å². The predicted octanol–water partition coefficient (Wildman–Crippen LogP) is 2.88. The lowest BCUT2D eigenvalue weighted by molar-refractivity contribution is -0.130. The highest BCUT2D eigenvalue weighted by molar-refractivity contribution is 5.83. The number of amides is 1. The van der Waals surface area contributed by atoms with Crippen LogP contribution in [-0.4, -0.2) is 42.4 Å². The largest absolute Gasteiger partial charge is 0.341 e. The summed E-state index contributed by atoms with van der Waals surface area (Å²) < 4.78 is 1.72. The average Bonchev–Trinajstić information content (AvgIpc) is 3.16. The van der Waals surface area contributed by atoms with Crippen LogP contribution in [0.5, 0.6) is 0 Å². The molecule has 4 rings (SSSR count). The molecule has 0 radical (unpaired) electrons. The molecule has 0 saturated heterocycles. The second-order valence-electron chi connectivity index (χ2n) is 6.97. The van der Waals surface area contributed by atoms with Gasteiger partial charge in [0.05, 0.1) is 5.52 Å². The number of nitrogens with zero attached hydrogens (tertiary/aromatic N) is 6. The van der Waals surface area contributed by atoms with Gasteiger partial charge in [-0.25, -0.2) is 9.50 Å². The summed E-state index contributed by atoms with van der Waals surface area (Å²) in [6.45, 7) is 4.50. The molecule has 3 heterocycles. The third-order valence-corrected chi connectivity index (χ3v) is 5.15. The highest BCUT2D eigenvalue weighted by atomic mass is 16.2. The van der Waals surface area contributed by atoms with Crippen molar-refractivity contribution >= 4 is 22.6 Å². The quantitative estimate of drug-likeness (QED) is 0.537. The van der Waals surface area contributed by atoms with Gasteiger partial charge in [-0.05, 0) is 43.5 Å². The first kappa shape index (κ1) is 18.0. The molecule has 0 atom stereocenters. The van der Waals surface area contributed by atoms with Gasteiger partial charge < -0.3 is 4.90 Å². The van der Waals surface area contributed by atoms with E-state index < -0.39 is 0 Å². The Labute approximate surface area is 163 Å². The molecule has 1 aromatic carbocycles. The van der Waals surface area contributed by atoms with Crippen molar-refractivity contribution in [1.29, 1.82) is 0 Å². The second kappa shape index (κ2) is 7.34. The maximum atomic E-state index is 12.7. The molecule has 3 aromatic heterocycles. The van der Waals surface area contributed by atoms with Crippen LogP contribution in [0.25, 0.3) is 16.7 Å². The lowest BCUT2D eigenvalue weighted by atomic mass is 10.1. The molecular formula is C21H22N6O. The summed E-state index contributed by atoms with van der Waals surface area (Å²) in [5.41, 5.74) is 4.97. The summed E-state index contributed by atoms with van der Waals surface area (Å²) in [6.07, 6.45) is 4.33. The fraction of sp³-hybridized carbons (Fsp3) is 0.286. The van der Waals surface area contributed by atoms with Crippen LogP contribution < -0.4 is 0 Å². The van der Waals surface area contributed by atoms with Crippen LogP contribution in [0.3, 0.4) is 0 Å². The topological polar surface area (TPSA) is 76.3 Å². The number of hydrogen-bond acceptors (Lipinski definition) is 5. The molecule has 0 aliphatic heterocycles. The molecule has 0 bridgehead atoms. The zero-order chi connectivity index (χ0) is 19.7. The summed E-state index contributed by atoms with van der Waals surface area (Å²) in [4.78, 5) is 27.5. The molecule has 7 nitrogen and oxygen atoms in total.